The molecule has 1 saturated heterocycles. The van der Waals surface area contributed by atoms with E-state index >= 15 is 0 Å². The lowest BCUT2D eigenvalue weighted by Crippen LogP contribution is -2.50. The zero-order valence-electron chi connectivity index (χ0n) is 13.5. The molecule has 0 bridgehead atoms. The van der Waals surface area contributed by atoms with Crippen molar-refractivity contribution in [1.82, 2.24) is 14.2 Å². The van der Waals surface area contributed by atoms with Gasteiger partial charge < -0.3 is 4.90 Å². The van der Waals surface area contributed by atoms with Crippen molar-refractivity contribution < 1.29 is 13.2 Å². The molecule has 25 heavy (non-hydrogen) atoms. The van der Waals surface area contributed by atoms with E-state index in [2.05, 4.69) is 4.98 Å². The van der Waals surface area contributed by atoms with Crippen LogP contribution in [-0.4, -0.2) is 54.7 Å². The first-order chi connectivity index (χ1) is 12.0. The van der Waals surface area contributed by atoms with E-state index in [1.54, 1.807) is 53.7 Å². The first kappa shape index (κ1) is 17.8. The van der Waals surface area contributed by atoms with Crippen LogP contribution in [0.25, 0.3) is 0 Å². The van der Waals surface area contributed by atoms with Crippen LogP contribution in [0.5, 0.6) is 0 Å². The number of piperazine rings is 1. The van der Waals surface area contributed by atoms with E-state index in [4.69, 9.17) is 11.6 Å². The number of aromatic nitrogens is 1. The van der Waals surface area contributed by atoms with Gasteiger partial charge in [-0.25, -0.2) is 8.42 Å². The predicted octanol–water partition coefficient (Wildman–Crippen LogP) is 2.02. The minimum absolute atomic E-state index is 0.106. The van der Waals surface area contributed by atoms with E-state index in [0.29, 0.717) is 29.2 Å². The first-order valence-electron chi connectivity index (χ1n) is 7.88. The summed E-state index contributed by atoms with van der Waals surface area (Å²) in [4.78, 5) is 18.0. The van der Waals surface area contributed by atoms with Gasteiger partial charge in [0.25, 0.3) is 5.91 Å². The smallest absolute Gasteiger partial charge is 0.254 e. The number of pyridine rings is 1. The second kappa shape index (κ2) is 7.51. The number of rotatable bonds is 4. The third kappa shape index (κ3) is 4.18. The van der Waals surface area contributed by atoms with Gasteiger partial charge in [0.05, 0.1) is 5.75 Å². The van der Waals surface area contributed by atoms with Crippen LogP contribution in [0.1, 0.15) is 15.9 Å². The van der Waals surface area contributed by atoms with E-state index in [0.717, 1.165) is 0 Å². The highest BCUT2D eigenvalue weighted by Gasteiger charge is 2.29. The van der Waals surface area contributed by atoms with Crippen molar-refractivity contribution in [2.45, 2.75) is 5.75 Å². The minimum atomic E-state index is -3.47. The Labute approximate surface area is 152 Å². The lowest BCUT2D eigenvalue weighted by atomic mass is 10.2. The average Bonchev–Trinajstić information content (AvgIpc) is 2.64. The Morgan fingerprint density at radius 3 is 2.32 bits per heavy atom. The molecule has 2 heterocycles. The van der Waals surface area contributed by atoms with Crippen molar-refractivity contribution in [3.63, 3.8) is 0 Å². The number of nitrogens with zero attached hydrogens (tertiary/aromatic N) is 3. The summed E-state index contributed by atoms with van der Waals surface area (Å²) in [5, 5.41) is 0.442. The molecule has 2 aromatic rings. The Morgan fingerprint density at radius 1 is 1.04 bits per heavy atom. The fraction of sp³-hybridized carbons (Fsp3) is 0.294. The van der Waals surface area contributed by atoms with Crippen molar-refractivity contribution in [3.8, 4) is 0 Å². The lowest BCUT2D eigenvalue weighted by Gasteiger charge is -2.34. The zero-order chi connectivity index (χ0) is 17.9. The molecule has 1 amide bonds. The van der Waals surface area contributed by atoms with Crippen LogP contribution >= 0.6 is 11.6 Å². The third-order valence-electron chi connectivity index (χ3n) is 4.14. The molecule has 0 N–H and O–H groups in total. The average molecular weight is 380 g/mol. The number of amides is 1. The molecule has 0 unspecified atom stereocenters. The van der Waals surface area contributed by atoms with E-state index in [1.807, 2.05) is 0 Å². The van der Waals surface area contributed by atoms with Crippen molar-refractivity contribution in [1.29, 1.82) is 0 Å². The van der Waals surface area contributed by atoms with Gasteiger partial charge in [0.2, 0.25) is 10.0 Å². The lowest BCUT2D eigenvalue weighted by molar-refractivity contribution is 0.0697. The summed E-state index contributed by atoms with van der Waals surface area (Å²) in [6.07, 6.45) is 3.13. The first-order valence-corrected chi connectivity index (χ1v) is 9.86. The van der Waals surface area contributed by atoms with Gasteiger partial charge in [0.1, 0.15) is 0 Å². The number of halogens is 1. The van der Waals surface area contributed by atoms with Crippen molar-refractivity contribution in [3.05, 3.63) is 64.9 Å². The number of sulfonamides is 1. The van der Waals surface area contributed by atoms with E-state index in [1.165, 1.54) is 4.31 Å². The van der Waals surface area contributed by atoms with Crippen LogP contribution in [0, 0.1) is 0 Å². The standard InChI is InChI=1S/C17H18ClN3O3S/c18-16-4-2-1-3-15(16)13-25(23,24)21-11-9-20(10-12-21)17(22)14-5-7-19-8-6-14/h1-8H,9-13H2. The minimum Gasteiger partial charge on any atom is -0.336 e. The summed E-state index contributed by atoms with van der Waals surface area (Å²) in [6.45, 7) is 1.29. The Bertz CT molecular complexity index is 850. The molecule has 1 aliphatic rings. The van der Waals surface area contributed by atoms with Gasteiger partial charge in [-0.1, -0.05) is 29.8 Å². The van der Waals surface area contributed by atoms with Gasteiger partial charge in [-0.05, 0) is 23.8 Å². The summed E-state index contributed by atoms with van der Waals surface area (Å²) in [6, 6.07) is 10.2. The van der Waals surface area contributed by atoms with Gasteiger partial charge in [0.15, 0.2) is 0 Å². The van der Waals surface area contributed by atoms with E-state index < -0.39 is 10.0 Å². The van der Waals surface area contributed by atoms with Crippen LogP contribution in [-0.2, 0) is 15.8 Å². The second-order valence-corrected chi connectivity index (χ2v) is 8.15. The molecule has 1 aromatic carbocycles. The van der Waals surface area contributed by atoms with Crippen LogP contribution in [0.15, 0.2) is 48.8 Å². The van der Waals surface area contributed by atoms with Crippen LogP contribution in [0.4, 0.5) is 0 Å². The molecule has 0 spiro atoms. The maximum atomic E-state index is 12.6. The maximum absolute atomic E-state index is 12.6. The number of carbonyl (C=O) groups is 1. The molecule has 132 valence electrons. The Morgan fingerprint density at radius 2 is 1.68 bits per heavy atom. The molecule has 0 atom stereocenters. The van der Waals surface area contributed by atoms with Gasteiger partial charge in [-0.2, -0.15) is 4.31 Å². The summed E-state index contributed by atoms with van der Waals surface area (Å²) >= 11 is 6.06. The predicted molar refractivity (Wildman–Crippen MR) is 95.8 cm³/mol. The van der Waals surface area contributed by atoms with Crippen molar-refractivity contribution in [2.24, 2.45) is 0 Å². The third-order valence-corrected chi connectivity index (χ3v) is 6.34. The van der Waals surface area contributed by atoms with Crippen LogP contribution in [0.3, 0.4) is 0 Å². The summed E-state index contributed by atoms with van der Waals surface area (Å²) < 4.78 is 26.6. The van der Waals surface area contributed by atoms with E-state index in [-0.39, 0.29) is 24.7 Å². The molecule has 0 radical (unpaired) electrons. The normalized spacial score (nSPS) is 16.0. The monoisotopic (exact) mass is 379 g/mol. The van der Waals surface area contributed by atoms with Crippen LogP contribution < -0.4 is 0 Å². The largest absolute Gasteiger partial charge is 0.336 e. The molecule has 1 aliphatic heterocycles. The zero-order valence-corrected chi connectivity index (χ0v) is 15.1. The molecular weight excluding hydrogens is 362 g/mol. The van der Waals surface area contributed by atoms with Gasteiger partial charge >= 0.3 is 0 Å². The quantitative estimate of drug-likeness (QED) is 0.814. The molecular formula is C17H18ClN3O3S. The van der Waals surface area contributed by atoms with Gasteiger partial charge in [-0.15, -0.1) is 0 Å². The SMILES string of the molecule is O=C(c1ccncc1)N1CCN(S(=O)(=O)Cc2ccccc2Cl)CC1. The summed E-state index contributed by atoms with van der Waals surface area (Å²) in [5.41, 5.74) is 1.14. The van der Waals surface area contributed by atoms with Gasteiger partial charge in [0, 0.05) is 49.2 Å². The summed E-state index contributed by atoms with van der Waals surface area (Å²) in [5.74, 6) is -0.240. The molecule has 6 nitrogen and oxygen atoms in total. The molecule has 3 rings (SSSR count). The Kier molecular flexibility index (Phi) is 5.36. The number of benzene rings is 1. The Balaban J connectivity index is 1.63. The van der Waals surface area contributed by atoms with Crippen LogP contribution in [0.2, 0.25) is 5.02 Å². The highest BCUT2D eigenvalue weighted by molar-refractivity contribution is 7.88. The van der Waals surface area contributed by atoms with Gasteiger partial charge in [-0.3, -0.25) is 9.78 Å². The fourth-order valence-corrected chi connectivity index (χ4v) is 4.58. The Hall–Kier alpha value is -1.96. The summed E-state index contributed by atoms with van der Waals surface area (Å²) in [7, 11) is -3.47. The number of hydrogen-bond donors (Lipinski definition) is 0. The highest BCUT2D eigenvalue weighted by atomic mass is 35.5. The van der Waals surface area contributed by atoms with Crippen molar-refractivity contribution >= 4 is 27.5 Å². The topological polar surface area (TPSA) is 70.6 Å². The number of hydrogen-bond acceptors (Lipinski definition) is 4. The second-order valence-electron chi connectivity index (χ2n) is 5.77. The molecule has 0 aliphatic carbocycles. The van der Waals surface area contributed by atoms with Crippen molar-refractivity contribution in [2.75, 3.05) is 26.2 Å². The molecule has 1 aromatic heterocycles. The molecule has 8 heteroatoms. The maximum Gasteiger partial charge on any atom is 0.254 e. The molecule has 1 fully saturated rings. The van der Waals surface area contributed by atoms with E-state index in [9.17, 15) is 13.2 Å². The molecule has 0 saturated carbocycles. The highest BCUT2D eigenvalue weighted by Crippen LogP contribution is 2.20. The number of carbonyl (C=O) groups excluding carboxylic acids is 1. The fourth-order valence-electron chi connectivity index (χ4n) is 2.75.